The van der Waals surface area contributed by atoms with Crippen molar-refractivity contribution in [1.82, 2.24) is 29.7 Å². The van der Waals surface area contributed by atoms with Crippen LogP contribution in [0.3, 0.4) is 0 Å². The summed E-state index contributed by atoms with van der Waals surface area (Å²) >= 11 is 0. The van der Waals surface area contributed by atoms with E-state index in [2.05, 4.69) is 30.3 Å². The topological polar surface area (TPSA) is 174 Å². The van der Waals surface area contributed by atoms with Crippen molar-refractivity contribution in [2.45, 2.75) is 64.3 Å². The highest BCUT2D eigenvalue weighted by Gasteiger charge is 2.39. The van der Waals surface area contributed by atoms with Gasteiger partial charge in [-0.15, -0.1) is 0 Å². The highest BCUT2D eigenvalue weighted by molar-refractivity contribution is 7.46. The molecule has 4 rings (SSSR count). The van der Waals surface area contributed by atoms with Gasteiger partial charge in [0.1, 0.15) is 23.6 Å². The molecule has 3 aromatic heterocycles. The smallest absolute Gasteiger partial charge is 0.443 e. The number of phosphoric ester groups is 1. The van der Waals surface area contributed by atoms with Crippen LogP contribution in [0, 0.1) is 0 Å². The summed E-state index contributed by atoms with van der Waals surface area (Å²) in [5.74, 6) is 0.286. The van der Waals surface area contributed by atoms with Crippen LogP contribution in [0.15, 0.2) is 24.5 Å². The molecule has 0 radical (unpaired) electrons. The molecular weight excluding hydrogens is 512 g/mol. The molecule has 3 atom stereocenters. The number of nitrogens with one attached hydrogen (secondary N) is 2. The maximum absolute atomic E-state index is 14.7. The van der Waals surface area contributed by atoms with Crippen LogP contribution in [-0.2, 0) is 31.9 Å². The quantitative estimate of drug-likeness (QED) is 0.278. The van der Waals surface area contributed by atoms with E-state index in [0.717, 1.165) is 0 Å². The molecule has 0 aliphatic heterocycles. The number of rotatable bonds is 10. The molecule has 0 unspecified atom stereocenters. The van der Waals surface area contributed by atoms with Gasteiger partial charge in [0.25, 0.3) is 0 Å². The highest BCUT2D eigenvalue weighted by atomic mass is 31.2. The van der Waals surface area contributed by atoms with Crippen molar-refractivity contribution in [3.63, 3.8) is 0 Å². The van der Waals surface area contributed by atoms with Crippen molar-refractivity contribution in [3.05, 3.63) is 35.9 Å². The molecule has 1 aliphatic carbocycles. The highest BCUT2D eigenvalue weighted by Crippen LogP contribution is 2.40. The Morgan fingerprint density at radius 2 is 2.08 bits per heavy atom. The minimum Gasteiger partial charge on any atom is -0.443 e. The van der Waals surface area contributed by atoms with Crippen LogP contribution in [0.4, 0.5) is 20.8 Å². The fourth-order valence-corrected chi connectivity index (χ4v) is 4.35. The van der Waals surface area contributed by atoms with Crippen LogP contribution in [0.1, 0.15) is 44.0 Å². The van der Waals surface area contributed by atoms with E-state index in [1.165, 1.54) is 10.9 Å². The molecule has 3 heterocycles. The molecule has 0 aromatic carbocycles. The SMILES string of the molecule is COCc1cc2c(Nc3cc([C@@H]4C[C@H](F)[C@H](OC(=O)NC(C)C)C4)nn3COP(=O)(O)O)nccn2n1. The summed E-state index contributed by atoms with van der Waals surface area (Å²) in [4.78, 5) is 34.6. The number of nitrogens with zero attached hydrogens (tertiary/aromatic N) is 5. The largest absolute Gasteiger partial charge is 0.471 e. The maximum Gasteiger partial charge on any atom is 0.471 e. The number of aromatic nitrogens is 5. The molecule has 4 N–H and O–H groups in total. The van der Waals surface area contributed by atoms with E-state index < -0.39 is 38.8 Å². The second-order valence-corrected chi connectivity index (χ2v) is 10.2. The molecule has 37 heavy (non-hydrogen) atoms. The molecule has 0 bridgehead atoms. The Balaban J connectivity index is 1.58. The number of anilines is 2. The number of fused-ring (bicyclic) bond motifs is 1. The number of ether oxygens (including phenoxy) is 2. The predicted octanol–water partition coefficient (Wildman–Crippen LogP) is 2.60. The summed E-state index contributed by atoms with van der Waals surface area (Å²) in [5.41, 5.74) is 1.73. The molecule has 1 amide bonds. The first-order chi connectivity index (χ1) is 17.5. The second kappa shape index (κ2) is 11.1. The van der Waals surface area contributed by atoms with E-state index in [4.69, 9.17) is 9.47 Å². The lowest BCUT2D eigenvalue weighted by atomic mass is 10.0. The normalized spacial score (nSPS) is 20.0. The van der Waals surface area contributed by atoms with E-state index in [1.807, 2.05) is 0 Å². The van der Waals surface area contributed by atoms with Crippen LogP contribution in [0.25, 0.3) is 5.52 Å². The first-order valence-electron chi connectivity index (χ1n) is 11.5. The van der Waals surface area contributed by atoms with Crippen molar-refractivity contribution in [1.29, 1.82) is 0 Å². The summed E-state index contributed by atoms with van der Waals surface area (Å²) in [7, 11) is -3.24. The van der Waals surface area contributed by atoms with Crippen LogP contribution in [0.2, 0.25) is 0 Å². The van der Waals surface area contributed by atoms with Gasteiger partial charge in [-0.25, -0.2) is 27.9 Å². The van der Waals surface area contributed by atoms with Crippen LogP contribution in [0.5, 0.6) is 0 Å². The molecule has 1 saturated carbocycles. The summed E-state index contributed by atoms with van der Waals surface area (Å²) in [6, 6.07) is 3.25. The lowest BCUT2D eigenvalue weighted by molar-refractivity contribution is 0.0593. The number of methoxy groups -OCH3 is 1. The third kappa shape index (κ3) is 6.81. The molecule has 14 nitrogen and oxygen atoms in total. The van der Waals surface area contributed by atoms with Gasteiger partial charge in [-0.05, 0) is 32.8 Å². The lowest BCUT2D eigenvalue weighted by Gasteiger charge is -2.16. The molecule has 1 aliphatic rings. The van der Waals surface area contributed by atoms with Gasteiger partial charge < -0.3 is 29.9 Å². The number of phosphoric acid groups is 1. The lowest BCUT2D eigenvalue weighted by Crippen LogP contribution is -2.35. The zero-order chi connectivity index (χ0) is 26.7. The van der Waals surface area contributed by atoms with Gasteiger partial charge in [-0.1, -0.05) is 0 Å². The Bertz CT molecular complexity index is 1290. The zero-order valence-electron chi connectivity index (χ0n) is 20.4. The first kappa shape index (κ1) is 26.9. The summed E-state index contributed by atoms with van der Waals surface area (Å²) < 4.78 is 43.9. The molecule has 0 saturated heterocycles. The standard InChI is InChI=1S/C21H29FN7O7P/c1-12(2)24-21(30)36-18-7-13(6-15(18)22)16-9-19(29(27-16)11-35-37(31,32)33)25-20-17-8-14(10-34-3)26-28(17)5-4-23-20/h4-5,8-9,12-13,15,18H,6-7,10-11H2,1-3H3,(H,23,25)(H,24,30)(H2,31,32,33)/t13-,15+,18-/m1/s1. The van der Waals surface area contributed by atoms with Gasteiger partial charge in [-0.3, -0.25) is 4.52 Å². The Hall–Kier alpha value is -3.10. The van der Waals surface area contributed by atoms with E-state index in [0.29, 0.717) is 35.1 Å². The Morgan fingerprint density at radius 1 is 1.30 bits per heavy atom. The molecule has 3 aromatic rings. The van der Waals surface area contributed by atoms with E-state index in [1.54, 1.807) is 43.8 Å². The predicted molar refractivity (Wildman–Crippen MR) is 128 cm³/mol. The minimum absolute atomic E-state index is 0.0618. The number of halogens is 1. The van der Waals surface area contributed by atoms with E-state index in [9.17, 15) is 23.5 Å². The molecule has 0 spiro atoms. The maximum atomic E-state index is 14.7. The number of amides is 1. The number of carbonyl (C=O) groups is 1. The van der Waals surface area contributed by atoms with Crippen molar-refractivity contribution in [2.24, 2.45) is 0 Å². The van der Waals surface area contributed by atoms with Crippen molar-refractivity contribution in [2.75, 3.05) is 12.4 Å². The minimum atomic E-state index is -4.80. The number of carbonyl (C=O) groups excluding carboxylic acids is 1. The average molecular weight is 541 g/mol. The van der Waals surface area contributed by atoms with Gasteiger partial charge in [-0.2, -0.15) is 10.2 Å². The summed E-state index contributed by atoms with van der Waals surface area (Å²) in [6.45, 7) is 3.25. The van der Waals surface area contributed by atoms with Crippen molar-refractivity contribution in [3.8, 4) is 0 Å². The molecular formula is C21H29FN7O7P. The Kier molecular flexibility index (Phi) is 8.09. The number of alkyl carbamates (subject to hydrolysis) is 1. The number of alkyl halides is 1. The fraction of sp³-hybridized carbons (Fsp3) is 0.524. The molecule has 16 heteroatoms. The first-order valence-corrected chi connectivity index (χ1v) is 13.0. The monoisotopic (exact) mass is 541 g/mol. The van der Waals surface area contributed by atoms with Crippen LogP contribution < -0.4 is 10.6 Å². The zero-order valence-corrected chi connectivity index (χ0v) is 21.3. The van der Waals surface area contributed by atoms with Gasteiger partial charge in [0, 0.05) is 37.5 Å². The Labute approximate surface area is 211 Å². The van der Waals surface area contributed by atoms with Crippen molar-refractivity contribution < 1.29 is 37.5 Å². The van der Waals surface area contributed by atoms with Gasteiger partial charge >= 0.3 is 13.9 Å². The van der Waals surface area contributed by atoms with Gasteiger partial charge in [0.15, 0.2) is 12.5 Å². The van der Waals surface area contributed by atoms with Crippen LogP contribution in [-0.4, -0.2) is 65.7 Å². The van der Waals surface area contributed by atoms with E-state index in [-0.39, 0.29) is 18.9 Å². The van der Waals surface area contributed by atoms with E-state index >= 15 is 0 Å². The van der Waals surface area contributed by atoms with Crippen LogP contribution >= 0.6 is 7.82 Å². The summed E-state index contributed by atoms with van der Waals surface area (Å²) in [5, 5.41) is 14.5. The second-order valence-electron chi connectivity index (χ2n) is 8.93. The number of hydrogen-bond donors (Lipinski definition) is 4. The number of hydrogen-bond acceptors (Lipinski definition) is 9. The third-order valence-corrected chi connectivity index (χ3v) is 6.09. The average Bonchev–Trinajstić information content (AvgIpc) is 3.49. The summed E-state index contributed by atoms with van der Waals surface area (Å²) in [6.07, 6.45) is 0.413. The van der Waals surface area contributed by atoms with Gasteiger partial charge in [0.2, 0.25) is 0 Å². The molecule has 1 fully saturated rings. The Morgan fingerprint density at radius 3 is 2.78 bits per heavy atom. The third-order valence-electron chi connectivity index (χ3n) is 5.64. The fourth-order valence-electron chi connectivity index (χ4n) is 4.09. The molecule has 202 valence electrons. The van der Waals surface area contributed by atoms with Crippen molar-refractivity contribution >= 4 is 31.1 Å². The van der Waals surface area contributed by atoms with Gasteiger partial charge in [0.05, 0.1) is 18.0 Å².